The Labute approximate surface area is 127 Å². The molecule has 21 heavy (non-hydrogen) atoms. The van der Waals surface area contributed by atoms with Crippen LogP contribution >= 0.6 is 0 Å². The quantitative estimate of drug-likeness (QED) is 0.643. The van der Waals surface area contributed by atoms with E-state index in [9.17, 15) is 9.18 Å². The third kappa shape index (κ3) is 3.93. The van der Waals surface area contributed by atoms with E-state index in [0.717, 1.165) is 35.4 Å². The zero-order valence-corrected chi connectivity index (χ0v) is 13.5. The summed E-state index contributed by atoms with van der Waals surface area (Å²) in [5, 5.41) is 0. The maximum atomic E-state index is 13.4. The van der Waals surface area contributed by atoms with E-state index in [0.29, 0.717) is 0 Å². The van der Waals surface area contributed by atoms with E-state index in [1.807, 2.05) is 13.8 Å². The standard InChI is InChI=1S/C19H27FO/c1-4-5-6-15-7-9-16(10-8-15)19(21)18-13(2)11-17(20)12-14(18)3/h11-12,15-16H,4-10H2,1-3H3. The van der Waals surface area contributed by atoms with Crippen molar-refractivity contribution >= 4 is 5.78 Å². The first-order chi connectivity index (χ1) is 10.0. The number of benzene rings is 1. The number of rotatable bonds is 5. The van der Waals surface area contributed by atoms with E-state index in [2.05, 4.69) is 6.92 Å². The molecule has 2 heteroatoms. The molecule has 2 rings (SSSR count). The lowest BCUT2D eigenvalue weighted by molar-refractivity contribution is 0.0868. The minimum Gasteiger partial charge on any atom is -0.294 e. The number of Topliss-reactive ketones (excluding diaryl/α,β-unsaturated/α-hetero) is 1. The number of carbonyl (C=O) groups is 1. The van der Waals surface area contributed by atoms with E-state index in [1.165, 1.54) is 44.2 Å². The van der Waals surface area contributed by atoms with Crippen LogP contribution in [0.3, 0.4) is 0 Å². The van der Waals surface area contributed by atoms with Crippen LogP contribution in [-0.4, -0.2) is 5.78 Å². The average Bonchev–Trinajstić information content (AvgIpc) is 2.44. The summed E-state index contributed by atoms with van der Waals surface area (Å²) in [4.78, 5) is 12.8. The number of hydrogen-bond acceptors (Lipinski definition) is 1. The highest BCUT2D eigenvalue weighted by molar-refractivity contribution is 6.00. The Morgan fingerprint density at radius 1 is 1.14 bits per heavy atom. The normalized spacial score (nSPS) is 22.3. The maximum absolute atomic E-state index is 13.4. The van der Waals surface area contributed by atoms with Crippen molar-refractivity contribution in [2.75, 3.05) is 0 Å². The van der Waals surface area contributed by atoms with Crippen molar-refractivity contribution in [1.82, 2.24) is 0 Å². The third-order valence-electron chi connectivity index (χ3n) is 4.93. The fourth-order valence-corrected chi connectivity index (χ4v) is 3.71. The number of aryl methyl sites for hydroxylation is 2. The lowest BCUT2D eigenvalue weighted by Gasteiger charge is -2.28. The molecule has 0 aliphatic heterocycles. The summed E-state index contributed by atoms with van der Waals surface area (Å²) < 4.78 is 13.4. The first-order valence-electron chi connectivity index (χ1n) is 8.33. The second-order valence-corrected chi connectivity index (χ2v) is 6.64. The van der Waals surface area contributed by atoms with Crippen LogP contribution in [0, 0.1) is 31.5 Å². The van der Waals surface area contributed by atoms with E-state index in [1.54, 1.807) is 0 Å². The smallest absolute Gasteiger partial charge is 0.166 e. The van der Waals surface area contributed by atoms with Crippen molar-refractivity contribution < 1.29 is 9.18 Å². The van der Waals surface area contributed by atoms with Gasteiger partial charge in [-0.15, -0.1) is 0 Å². The molecular formula is C19H27FO. The molecule has 0 N–H and O–H groups in total. The van der Waals surface area contributed by atoms with Crippen LogP contribution in [0.2, 0.25) is 0 Å². The van der Waals surface area contributed by atoms with Crippen LogP contribution in [0.25, 0.3) is 0 Å². The van der Waals surface area contributed by atoms with Gasteiger partial charge in [-0.25, -0.2) is 4.39 Å². The Hall–Kier alpha value is -1.18. The number of halogens is 1. The van der Waals surface area contributed by atoms with Crippen molar-refractivity contribution in [1.29, 1.82) is 0 Å². The molecule has 1 nitrogen and oxygen atoms in total. The summed E-state index contributed by atoms with van der Waals surface area (Å²) in [6.45, 7) is 5.92. The van der Waals surface area contributed by atoms with Gasteiger partial charge in [0.05, 0.1) is 0 Å². The monoisotopic (exact) mass is 290 g/mol. The first-order valence-corrected chi connectivity index (χ1v) is 8.33. The average molecular weight is 290 g/mol. The van der Waals surface area contributed by atoms with Gasteiger partial charge >= 0.3 is 0 Å². The fraction of sp³-hybridized carbons (Fsp3) is 0.632. The van der Waals surface area contributed by atoms with Crippen LogP contribution in [0.5, 0.6) is 0 Å². The highest BCUT2D eigenvalue weighted by Crippen LogP contribution is 2.34. The Kier molecular flexibility index (Phi) is 5.55. The number of hydrogen-bond donors (Lipinski definition) is 0. The van der Waals surface area contributed by atoms with E-state index in [4.69, 9.17) is 0 Å². The van der Waals surface area contributed by atoms with Gasteiger partial charge in [-0.05, 0) is 68.7 Å². The van der Waals surface area contributed by atoms with E-state index < -0.39 is 0 Å². The molecule has 0 atom stereocenters. The van der Waals surface area contributed by atoms with E-state index >= 15 is 0 Å². The predicted octanol–water partition coefficient (Wildman–Crippen LogP) is 5.62. The van der Waals surface area contributed by atoms with Gasteiger partial charge in [0, 0.05) is 11.5 Å². The highest BCUT2D eigenvalue weighted by atomic mass is 19.1. The van der Waals surface area contributed by atoms with Crippen molar-refractivity contribution in [3.05, 3.63) is 34.6 Å². The van der Waals surface area contributed by atoms with Gasteiger partial charge in [0.25, 0.3) is 0 Å². The summed E-state index contributed by atoms with van der Waals surface area (Å²) in [6.07, 6.45) is 8.23. The lowest BCUT2D eigenvalue weighted by Crippen LogP contribution is -2.23. The van der Waals surface area contributed by atoms with Crippen LogP contribution in [0.15, 0.2) is 12.1 Å². The number of carbonyl (C=O) groups excluding carboxylic acids is 1. The summed E-state index contributed by atoms with van der Waals surface area (Å²) in [7, 11) is 0. The zero-order chi connectivity index (χ0) is 15.4. The van der Waals surface area contributed by atoms with Crippen LogP contribution < -0.4 is 0 Å². The highest BCUT2D eigenvalue weighted by Gasteiger charge is 2.28. The zero-order valence-electron chi connectivity index (χ0n) is 13.5. The van der Waals surface area contributed by atoms with Gasteiger partial charge in [-0.2, -0.15) is 0 Å². The SMILES string of the molecule is CCCCC1CCC(C(=O)c2c(C)cc(F)cc2C)CC1. The molecule has 0 saturated heterocycles. The van der Waals surface area contributed by atoms with Gasteiger partial charge in [0.15, 0.2) is 5.78 Å². The van der Waals surface area contributed by atoms with Gasteiger partial charge in [0.2, 0.25) is 0 Å². The minimum absolute atomic E-state index is 0.144. The van der Waals surface area contributed by atoms with Crippen molar-refractivity contribution in [3.63, 3.8) is 0 Å². The molecule has 0 heterocycles. The molecule has 1 aromatic rings. The van der Waals surface area contributed by atoms with Gasteiger partial charge in [-0.3, -0.25) is 4.79 Å². The van der Waals surface area contributed by atoms with Crippen molar-refractivity contribution in [2.45, 2.75) is 65.7 Å². The summed E-state index contributed by atoms with van der Waals surface area (Å²) in [5.41, 5.74) is 2.32. The minimum atomic E-state index is -0.246. The van der Waals surface area contributed by atoms with Crippen molar-refractivity contribution in [2.24, 2.45) is 11.8 Å². The van der Waals surface area contributed by atoms with Gasteiger partial charge in [-0.1, -0.05) is 26.2 Å². The third-order valence-corrected chi connectivity index (χ3v) is 4.93. The largest absolute Gasteiger partial charge is 0.294 e. The van der Waals surface area contributed by atoms with Gasteiger partial charge < -0.3 is 0 Å². The molecule has 1 aliphatic rings. The Bertz CT molecular complexity index is 475. The van der Waals surface area contributed by atoms with Crippen molar-refractivity contribution in [3.8, 4) is 0 Å². The summed E-state index contributed by atoms with van der Waals surface area (Å²) >= 11 is 0. The molecule has 0 radical (unpaired) electrons. The van der Waals surface area contributed by atoms with Crippen LogP contribution in [0.4, 0.5) is 4.39 Å². The topological polar surface area (TPSA) is 17.1 Å². The lowest BCUT2D eigenvalue weighted by atomic mass is 9.76. The predicted molar refractivity (Wildman–Crippen MR) is 85.2 cm³/mol. The fourth-order valence-electron chi connectivity index (χ4n) is 3.71. The Morgan fingerprint density at radius 3 is 2.24 bits per heavy atom. The second kappa shape index (κ2) is 7.20. The molecule has 1 fully saturated rings. The molecular weight excluding hydrogens is 263 g/mol. The molecule has 0 bridgehead atoms. The Balaban J connectivity index is 2.02. The number of unbranched alkanes of at least 4 members (excludes halogenated alkanes) is 1. The molecule has 0 aromatic heterocycles. The van der Waals surface area contributed by atoms with Crippen LogP contribution in [-0.2, 0) is 0 Å². The van der Waals surface area contributed by atoms with E-state index in [-0.39, 0.29) is 17.5 Å². The molecule has 1 aliphatic carbocycles. The second-order valence-electron chi connectivity index (χ2n) is 6.64. The number of ketones is 1. The molecule has 1 saturated carbocycles. The van der Waals surface area contributed by atoms with Gasteiger partial charge in [0.1, 0.15) is 5.82 Å². The molecule has 0 spiro atoms. The molecule has 1 aromatic carbocycles. The molecule has 116 valence electrons. The molecule has 0 unspecified atom stereocenters. The van der Waals surface area contributed by atoms with Crippen LogP contribution in [0.1, 0.15) is 73.4 Å². The first kappa shape index (κ1) is 16.2. The summed E-state index contributed by atoms with van der Waals surface area (Å²) in [5.74, 6) is 0.943. The Morgan fingerprint density at radius 2 is 1.71 bits per heavy atom. The molecule has 0 amide bonds. The summed E-state index contributed by atoms with van der Waals surface area (Å²) in [6, 6.07) is 2.96. The maximum Gasteiger partial charge on any atom is 0.166 e.